The van der Waals surface area contributed by atoms with Gasteiger partial charge in [0.1, 0.15) is 0 Å². The molecule has 5 nitrogen and oxygen atoms in total. The van der Waals surface area contributed by atoms with E-state index in [1.807, 2.05) is 0 Å². The van der Waals surface area contributed by atoms with Gasteiger partial charge < -0.3 is 17.0 Å². The van der Waals surface area contributed by atoms with E-state index in [-0.39, 0.29) is 33.3 Å². The van der Waals surface area contributed by atoms with Gasteiger partial charge in [-0.25, -0.2) is 0 Å². The van der Waals surface area contributed by atoms with Crippen LogP contribution in [0.4, 0.5) is 5.69 Å². The van der Waals surface area contributed by atoms with Gasteiger partial charge in [0.2, 0.25) is 5.39 Å². The highest BCUT2D eigenvalue weighted by molar-refractivity contribution is 7.86. The second-order valence-electron chi connectivity index (χ2n) is 2.60. The van der Waals surface area contributed by atoms with Gasteiger partial charge in [-0.2, -0.15) is 8.42 Å². The molecule has 0 radical (unpaired) electrons. The van der Waals surface area contributed by atoms with Gasteiger partial charge in [-0.15, -0.1) is 0 Å². The molecule has 0 aromatic heterocycles. The number of hydrogen-bond donors (Lipinski definition) is 1. The Morgan fingerprint density at radius 2 is 2.00 bits per heavy atom. The van der Waals surface area contributed by atoms with Crippen molar-refractivity contribution in [2.24, 2.45) is 0 Å². The minimum absolute atomic E-state index is 0. The van der Waals surface area contributed by atoms with Crippen molar-refractivity contribution in [3.05, 3.63) is 27.7 Å². The average molecular weight is 314 g/mol. The molecular formula is C7H6BrClN2O3S. The highest BCUT2D eigenvalue weighted by Gasteiger charge is 2.28. The summed E-state index contributed by atoms with van der Waals surface area (Å²) in [7, 11) is -4.44. The molecule has 0 atom stereocenters. The lowest BCUT2D eigenvalue weighted by Gasteiger charge is -2.00. The summed E-state index contributed by atoms with van der Waals surface area (Å²) in [5.74, 6) is 0. The first kappa shape index (κ1) is 14.3. The minimum atomic E-state index is -4.44. The lowest BCUT2D eigenvalue weighted by molar-refractivity contribution is -0.00000731. The molecule has 0 heterocycles. The van der Waals surface area contributed by atoms with Crippen LogP contribution >= 0.6 is 11.6 Å². The molecule has 1 aromatic carbocycles. The molecule has 0 spiro atoms. The van der Waals surface area contributed by atoms with Crippen LogP contribution in [0.3, 0.4) is 0 Å². The predicted octanol–water partition coefficient (Wildman–Crippen LogP) is -0.616. The Labute approximate surface area is 102 Å². The third-order valence-electron chi connectivity index (χ3n) is 1.68. The fourth-order valence-corrected chi connectivity index (χ4v) is 2.14. The number of nitrogens with zero attached hydrogens (tertiary/aromatic N) is 2. The average Bonchev–Trinajstić information content (AvgIpc) is 2.07. The number of benzene rings is 1. The van der Waals surface area contributed by atoms with Crippen LogP contribution in [0, 0.1) is 12.3 Å². The molecule has 1 N–H and O–H groups in total. The zero-order valence-electron chi connectivity index (χ0n) is 7.48. The number of diazo groups is 1. The van der Waals surface area contributed by atoms with Crippen LogP contribution in [0.1, 0.15) is 5.56 Å². The van der Waals surface area contributed by atoms with E-state index < -0.39 is 15.0 Å². The molecule has 0 saturated carbocycles. The molecule has 8 heteroatoms. The Balaban J connectivity index is 0.00000196. The summed E-state index contributed by atoms with van der Waals surface area (Å²) < 4.78 is 30.7. The summed E-state index contributed by atoms with van der Waals surface area (Å²) >= 11 is 5.65. The van der Waals surface area contributed by atoms with Gasteiger partial charge >= 0.3 is 15.8 Å². The highest BCUT2D eigenvalue weighted by Crippen LogP contribution is 2.31. The zero-order valence-corrected chi connectivity index (χ0v) is 10.6. The van der Waals surface area contributed by atoms with Gasteiger partial charge in [0, 0.05) is 11.1 Å². The van der Waals surface area contributed by atoms with Gasteiger partial charge in [0.05, 0.1) is 0 Å². The predicted molar refractivity (Wildman–Crippen MR) is 50.7 cm³/mol. The molecule has 1 aromatic rings. The van der Waals surface area contributed by atoms with Crippen molar-refractivity contribution in [2.45, 2.75) is 11.8 Å². The quantitative estimate of drug-likeness (QED) is 0.553. The fourth-order valence-electron chi connectivity index (χ4n) is 1.06. The van der Waals surface area contributed by atoms with Crippen molar-refractivity contribution in [3.8, 4) is 0 Å². The summed E-state index contributed by atoms with van der Waals surface area (Å²) in [5, 5.41) is 8.67. The largest absolute Gasteiger partial charge is 1.00 e. The highest BCUT2D eigenvalue weighted by atomic mass is 79.9. The van der Waals surface area contributed by atoms with Gasteiger partial charge in [-0.3, -0.25) is 4.55 Å². The van der Waals surface area contributed by atoms with Crippen LogP contribution in [0.25, 0.3) is 4.98 Å². The maximum atomic E-state index is 10.9. The van der Waals surface area contributed by atoms with Crippen molar-refractivity contribution in [3.63, 3.8) is 0 Å². The molecule has 0 unspecified atom stereocenters. The maximum Gasteiger partial charge on any atom is 0.406 e. The monoisotopic (exact) mass is 312 g/mol. The van der Waals surface area contributed by atoms with Crippen LogP contribution in [0.5, 0.6) is 0 Å². The van der Waals surface area contributed by atoms with Gasteiger partial charge in [0.25, 0.3) is 0 Å². The first-order valence-electron chi connectivity index (χ1n) is 3.49. The standard InChI is InChI=1S/C7H5ClN2O3S.BrH/c1-4-5(8)2-3-6(10-9)7(4)14(11,12)13;/h2-3H,1H3;1H. The van der Waals surface area contributed by atoms with Crippen molar-refractivity contribution < 1.29 is 30.0 Å². The molecule has 0 amide bonds. The van der Waals surface area contributed by atoms with Gasteiger partial charge in [-0.05, 0) is 18.6 Å². The second-order valence-corrected chi connectivity index (χ2v) is 4.36. The molecule has 0 aliphatic rings. The van der Waals surface area contributed by atoms with Crippen molar-refractivity contribution in [1.29, 1.82) is 5.39 Å². The first-order valence-corrected chi connectivity index (χ1v) is 5.31. The zero-order chi connectivity index (χ0) is 10.9. The molecular weight excluding hydrogens is 308 g/mol. The fraction of sp³-hybridized carbons (Fsp3) is 0.143. The van der Waals surface area contributed by atoms with Crippen LogP contribution in [-0.2, 0) is 10.1 Å². The third-order valence-corrected chi connectivity index (χ3v) is 3.13. The number of rotatable bonds is 1. The Kier molecular flexibility index (Phi) is 4.67. The van der Waals surface area contributed by atoms with E-state index in [2.05, 4.69) is 4.98 Å². The number of halogens is 2. The summed E-state index contributed by atoms with van der Waals surface area (Å²) in [6, 6.07) is 2.57. The molecule has 82 valence electrons. The molecule has 0 bridgehead atoms. The molecule has 0 aliphatic heterocycles. The smallest absolute Gasteiger partial charge is 0.406 e. The summed E-state index contributed by atoms with van der Waals surface area (Å²) in [5.41, 5.74) is -0.0983. The molecule has 0 fully saturated rings. The van der Waals surface area contributed by atoms with Crippen molar-refractivity contribution >= 4 is 27.4 Å². The van der Waals surface area contributed by atoms with Crippen LogP contribution in [0.2, 0.25) is 5.02 Å². The van der Waals surface area contributed by atoms with Crippen LogP contribution in [0.15, 0.2) is 17.0 Å². The summed E-state index contributed by atoms with van der Waals surface area (Å²) in [6.45, 7) is 1.40. The number of hydrogen-bond acceptors (Lipinski definition) is 3. The summed E-state index contributed by atoms with van der Waals surface area (Å²) in [6.07, 6.45) is 0. The summed E-state index contributed by atoms with van der Waals surface area (Å²) in [4.78, 5) is 2.26. The maximum absolute atomic E-state index is 10.9. The molecule has 0 aliphatic carbocycles. The van der Waals surface area contributed by atoms with E-state index in [0.717, 1.165) is 0 Å². The van der Waals surface area contributed by atoms with Crippen molar-refractivity contribution in [1.82, 2.24) is 0 Å². The lowest BCUT2D eigenvalue weighted by atomic mass is 10.2. The molecule has 0 saturated heterocycles. The van der Waals surface area contributed by atoms with E-state index in [0.29, 0.717) is 0 Å². The van der Waals surface area contributed by atoms with Crippen LogP contribution < -0.4 is 17.0 Å². The van der Waals surface area contributed by atoms with E-state index in [1.54, 1.807) is 0 Å². The Morgan fingerprint density at radius 3 is 2.40 bits per heavy atom. The topological polar surface area (TPSA) is 82.5 Å². The van der Waals surface area contributed by atoms with Crippen LogP contribution in [-0.4, -0.2) is 13.0 Å². The molecule has 15 heavy (non-hydrogen) atoms. The normalized spacial score (nSPS) is 10.3. The third kappa shape index (κ3) is 2.89. The first-order chi connectivity index (χ1) is 6.38. The lowest BCUT2D eigenvalue weighted by Crippen LogP contribution is -3.00. The van der Waals surface area contributed by atoms with Gasteiger partial charge in [0.15, 0.2) is 9.87 Å². The SMILES string of the molecule is Cc1c(Cl)ccc([N+]#N)c1S(=O)(=O)O.[Br-]. The van der Waals surface area contributed by atoms with E-state index in [1.165, 1.54) is 19.1 Å². The van der Waals surface area contributed by atoms with E-state index in [9.17, 15) is 8.42 Å². The minimum Gasteiger partial charge on any atom is -1.00 e. The van der Waals surface area contributed by atoms with Crippen molar-refractivity contribution in [2.75, 3.05) is 0 Å². The molecule has 1 rings (SSSR count). The van der Waals surface area contributed by atoms with E-state index in [4.69, 9.17) is 21.5 Å². The van der Waals surface area contributed by atoms with E-state index >= 15 is 0 Å². The van der Waals surface area contributed by atoms with Gasteiger partial charge in [-0.1, -0.05) is 11.6 Å². The second kappa shape index (κ2) is 4.90. The Morgan fingerprint density at radius 1 is 1.47 bits per heavy atom. The Bertz CT molecular complexity index is 524. The Hall–Kier alpha value is -0.680.